The largest absolute Gasteiger partial charge is 0.481 e. The normalized spacial score (nSPS) is 20.8. The highest BCUT2D eigenvalue weighted by Crippen LogP contribution is 2.29. The Morgan fingerprint density at radius 2 is 2.33 bits per heavy atom. The van der Waals surface area contributed by atoms with E-state index in [0.717, 1.165) is 11.1 Å². The highest BCUT2D eigenvalue weighted by Gasteiger charge is 2.32. The molecule has 0 fully saturated rings. The zero-order valence-corrected chi connectivity index (χ0v) is 10.3. The Bertz CT molecular complexity index is 493. The fourth-order valence-electron chi connectivity index (χ4n) is 2.51. The first-order chi connectivity index (χ1) is 8.67. The van der Waals surface area contributed by atoms with Gasteiger partial charge in [0.25, 0.3) is 0 Å². The molecule has 1 aromatic rings. The molecule has 0 saturated heterocycles. The van der Waals surface area contributed by atoms with Gasteiger partial charge in [-0.25, -0.2) is 0 Å². The number of hydrogen-bond donors (Lipinski definition) is 1. The first-order valence-corrected chi connectivity index (χ1v) is 6.11. The number of rotatable bonds is 3. The molecule has 4 heteroatoms. The van der Waals surface area contributed by atoms with Crippen molar-refractivity contribution in [1.82, 2.24) is 4.90 Å². The topological polar surface area (TPSA) is 64.3 Å². The minimum Gasteiger partial charge on any atom is -0.481 e. The van der Waals surface area contributed by atoms with Gasteiger partial charge in [0.15, 0.2) is 0 Å². The molecule has 0 saturated carbocycles. The summed E-state index contributed by atoms with van der Waals surface area (Å²) in [4.78, 5) is 13.3. The lowest BCUT2D eigenvalue weighted by atomic mass is 9.89. The Balaban J connectivity index is 2.35. The van der Waals surface area contributed by atoms with E-state index in [1.807, 2.05) is 36.1 Å². The van der Waals surface area contributed by atoms with Crippen molar-refractivity contribution in [2.24, 2.45) is 0 Å². The second kappa shape index (κ2) is 5.19. The molecule has 0 amide bonds. The fourth-order valence-corrected chi connectivity index (χ4v) is 2.51. The SMILES string of the molecule is CCC(C#N)N1Cc2ccccc2C(C(=O)O)C1. The van der Waals surface area contributed by atoms with Gasteiger partial charge in [0.05, 0.1) is 18.0 Å². The van der Waals surface area contributed by atoms with Crippen molar-refractivity contribution in [3.05, 3.63) is 35.4 Å². The van der Waals surface area contributed by atoms with Gasteiger partial charge in [0.2, 0.25) is 0 Å². The van der Waals surface area contributed by atoms with Gasteiger partial charge in [-0.1, -0.05) is 31.2 Å². The summed E-state index contributed by atoms with van der Waals surface area (Å²) >= 11 is 0. The first-order valence-electron chi connectivity index (χ1n) is 6.11. The van der Waals surface area contributed by atoms with E-state index in [1.54, 1.807) is 0 Å². The van der Waals surface area contributed by atoms with Gasteiger partial charge >= 0.3 is 5.97 Å². The molecule has 0 radical (unpaired) electrons. The zero-order chi connectivity index (χ0) is 13.1. The summed E-state index contributed by atoms with van der Waals surface area (Å²) in [5.74, 6) is -1.35. The smallest absolute Gasteiger partial charge is 0.312 e. The molecule has 0 spiro atoms. The van der Waals surface area contributed by atoms with Crippen LogP contribution in [0.25, 0.3) is 0 Å². The summed E-state index contributed by atoms with van der Waals surface area (Å²) in [5, 5.41) is 18.4. The van der Waals surface area contributed by atoms with Gasteiger partial charge < -0.3 is 5.11 Å². The van der Waals surface area contributed by atoms with Crippen LogP contribution in [0.15, 0.2) is 24.3 Å². The molecule has 0 aromatic heterocycles. The van der Waals surface area contributed by atoms with Crippen LogP contribution in [0.4, 0.5) is 0 Å². The minimum absolute atomic E-state index is 0.208. The average Bonchev–Trinajstić information content (AvgIpc) is 2.39. The first kappa shape index (κ1) is 12.6. The van der Waals surface area contributed by atoms with E-state index in [-0.39, 0.29) is 6.04 Å². The number of aliphatic carboxylic acids is 1. The molecule has 1 aliphatic heterocycles. The molecule has 4 nitrogen and oxygen atoms in total. The fraction of sp³-hybridized carbons (Fsp3) is 0.429. The van der Waals surface area contributed by atoms with Crippen molar-refractivity contribution >= 4 is 5.97 Å². The third-order valence-electron chi connectivity index (χ3n) is 3.50. The van der Waals surface area contributed by atoms with E-state index in [9.17, 15) is 9.90 Å². The third kappa shape index (κ3) is 2.22. The van der Waals surface area contributed by atoms with Crippen molar-refractivity contribution in [1.29, 1.82) is 5.26 Å². The molecule has 1 aliphatic rings. The van der Waals surface area contributed by atoms with E-state index < -0.39 is 11.9 Å². The lowest BCUT2D eigenvalue weighted by Gasteiger charge is -2.35. The molecule has 94 valence electrons. The summed E-state index contributed by atoms with van der Waals surface area (Å²) in [6, 6.07) is 9.63. The average molecular weight is 244 g/mol. The number of carboxylic acids is 1. The van der Waals surface area contributed by atoms with Gasteiger partial charge in [-0.2, -0.15) is 5.26 Å². The van der Waals surface area contributed by atoms with Crippen LogP contribution in [-0.2, 0) is 11.3 Å². The second-order valence-corrected chi connectivity index (χ2v) is 4.57. The molecule has 0 bridgehead atoms. The van der Waals surface area contributed by atoms with Crippen LogP contribution in [0, 0.1) is 11.3 Å². The highest BCUT2D eigenvalue weighted by atomic mass is 16.4. The predicted octanol–water partition coefficient (Wildman–Crippen LogP) is 1.97. The summed E-state index contributed by atoms with van der Waals surface area (Å²) in [6.45, 7) is 3.02. The monoisotopic (exact) mass is 244 g/mol. The van der Waals surface area contributed by atoms with E-state index in [4.69, 9.17) is 5.26 Å². The Labute approximate surface area is 106 Å². The summed E-state index contributed by atoms with van der Waals surface area (Å²) in [7, 11) is 0. The molecule has 0 aliphatic carbocycles. The van der Waals surface area contributed by atoms with Gasteiger partial charge in [0, 0.05) is 13.1 Å². The van der Waals surface area contributed by atoms with Crippen LogP contribution < -0.4 is 0 Å². The van der Waals surface area contributed by atoms with Crippen LogP contribution in [0.3, 0.4) is 0 Å². The van der Waals surface area contributed by atoms with Crippen molar-refractivity contribution in [2.45, 2.75) is 31.8 Å². The van der Waals surface area contributed by atoms with E-state index in [0.29, 0.717) is 19.5 Å². The van der Waals surface area contributed by atoms with Crippen molar-refractivity contribution in [3.8, 4) is 6.07 Å². The van der Waals surface area contributed by atoms with Gasteiger partial charge in [-0.3, -0.25) is 9.69 Å². The van der Waals surface area contributed by atoms with Crippen molar-refractivity contribution < 1.29 is 9.90 Å². The standard InChI is InChI=1S/C14H16N2O2/c1-2-11(7-15)16-8-10-5-3-4-6-12(10)13(9-16)14(17)18/h3-6,11,13H,2,8-9H2,1H3,(H,17,18). The maximum absolute atomic E-state index is 11.4. The second-order valence-electron chi connectivity index (χ2n) is 4.57. The lowest BCUT2D eigenvalue weighted by molar-refractivity contribution is -0.139. The van der Waals surface area contributed by atoms with E-state index in [1.165, 1.54) is 0 Å². The van der Waals surface area contributed by atoms with Crippen LogP contribution in [-0.4, -0.2) is 28.6 Å². The lowest BCUT2D eigenvalue weighted by Crippen LogP contribution is -2.42. The number of hydrogen-bond acceptors (Lipinski definition) is 3. The number of carboxylic acid groups (broad SMARTS) is 1. The maximum Gasteiger partial charge on any atom is 0.312 e. The quantitative estimate of drug-likeness (QED) is 0.883. The molecular formula is C14H16N2O2. The molecule has 2 rings (SSSR count). The summed E-state index contributed by atoms with van der Waals surface area (Å²) < 4.78 is 0. The molecule has 18 heavy (non-hydrogen) atoms. The number of nitriles is 1. The summed E-state index contributed by atoms with van der Waals surface area (Å²) in [6.07, 6.45) is 0.713. The Morgan fingerprint density at radius 3 is 2.94 bits per heavy atom. The number of nitrogens with zero attached hydrogens (tertiary/aromatic N) is 2. The van der Waals surface area contributed by atoms with E-state index in [2.05, 4.69) is 6.07 Å². The molecular weight excluding hydrogens is 228 g/mol. The Kier molecular flexibility index (Phi) is 3.63. The van der Waals surface area contributed by atoms with Gasteiger partial charge in [-0.15, -0.1) is 0 Å². The maximum atomic E-state index is 11.4. The Hall–Kier alpha value is -1.86. The molecule has 1 heterocycles. The molecule has 1 N–H and O–H groups in total. The third-order valence-corrected chi connectivity index (χ3v) is 3.50. The zero-order valence-electron chi connectivity index (χ0n) is 10.3. The van der Waals surface area contributed by atoms with Crippen LogP contribution >= 0.6 is 0 Å². The van der Waals surface area contributed by atoms with Crippen LogP contribution in [0.1, 0.15) is 30.4 Å². The minimum atomic E-state index is -0.819. The van der Waals surface area contributed by atoms with Gasteiger partial charge in [-0.05, 0) is 17.5 Å². The van der Waals surface area contributed by atoms with Crippen molar-refractivity contribution in [3.63, 3.8) is 0 Å². The highest BCUT2D eigenvalue weighted by molar-refractivity contribution is 5.77. The molecule has 2 atom stereocenters. The van der Waals surface area contributed by atoms with Crippen LogP contribution in [0.2, 0.25) is 0 Å². The number of benzene rings is 1. The molecule has 2 unspecified atom stereocenters. The predicted molar refractivity (Wildman–Crippen MR) is 66.9 cm³/mol. The number of fused-ring (bicyclic) bond motifs is 1. The van der Waals surface area contributed by atoms with Gasteiger partial charge in [0.1, 0.15) is 0 Å². The number of carbonyl (C=O) groups is 1. The summed E-state index contributed by atoms with van der Waals surface area (Å²) in [5.41, 5.74) is 1.90. The van der Waals surface area contributed by atoms with Crippen molar-refractivity contribution in [2.75, 3.05) is 6.54 Å². The van der Waals surface area contributed by atoms with E-state index >= 15 is 0 Å². The molecule has 1 aromatic carbocycles. The van der Waals surface area contributed by atoms with Crippen LogP contribution in [0.5, 0.6) is 0 Å². The Morgan fingerprint density at radius 1 is 1.61 bits per heavy atom.